The summed E-state index contributed by atoms with van der Waals surface area (Å²) >= 11 is 0. The Morgan fingerprint density at radius 3 is 2.46 bits per heavy atom. The second kappa shape index (κ2) is 15.0. The lowest BCUT2D eigenvalue weighted by atomic mass is 9.67. The van der Waals surface area contributed by atoms with E-state index >= 15 is 0 Å². The predicted octanol–water partition coefficient (Wildman–Crippen LogP) is 14.9. The molecule has 0 amide bonds. The summed E-state index contributed by atoms with van der Waals surface area (Å²) in [5.74, 6) is 5.07. The van der Waals surface area contributed by atoms with Gasteiger partial charge in [0.1, 0.15) is 34.7 Å². The molecule has 0 radical (unpaired) electrons. The number of aromatic nitrogens is 2. The maximum Gasteiger partial charge on any atom is 0.139 e. The van der Waals surface area contributed by atoms with Crippen LogP contribution in [0.15, 0.2) is 166 Å². The fourth-order valence-corrected chi connectivity index (χ4v) is 11.0. The molecule has 5 heteroatoms. The summed E-state index contributed by atoms with van der Waals surface area (Å²) in [4.78, 5) is 10.8. The number of aryl methyl sites for hydroxylation is 1. The van der Waals surface area contributed by atoms with E-state index in [1.807, 2.05) is 0 Å². The van der Waals surface area contributed by atoms with Crippen LogP contribution in [-0.4, -0.2) is 9.97 Å². The van der Waals surface area contributed by atoms with Crippen molar-refractivity contribution in [3.8, 4) is 22.3 Å². The van der Waals surface area contributed by atoms with Crippen LogP contribution in [0.25, 0.3) is 50.9 Å². The molecule has 6 aliphatic rings. The summed E-state index contributed by atoms with van der Waals surface area (Å²) in [7, 11) is 0. The van der Waals surface area contributed by atoms with Crippen LogP contribution in [0.2, 0.25) is 0 Å². The summed E-state index contributed by atoms with van der Waals surface area (Å²) in [5.41, 5.74) is 13.6. The highest BCUT2D eigenvalue weighted by atomic mass is 16.3. The third-order valence-electron chi connectivity index (χ3n) is 14.6. The van der Waals surface area contributed by atoms with E-state index in [0.29, 0.717) is 5.92 Å². The van der Waals surface area contributed by atoms with Gasteiger partial charge in [0.2, 0.25) is 0 Å². The lowest BCUT2D eigenvalue weighted by Crippen LogP contribution is -2.26. The maximum atomic E-state index is 6.77. The maximum absolute atomic E-state index is 6.77. The molecular weight excluding hydrogens is 771 g/mol. The highest BCUT2D eigenvalue weighted by molar-refractivity contribution is 6.02. The van der Waals surface area contributed by atoms with Crippen LogP contribution in [-0.2, 0) is 6.42 Å². The molecule has 12 rings (SSSR count). The molecule has 7 unspecified atom stereocenters. The smallest absolute Gasteiger partial charge is 0.139 e. The molecule has 5 nitrogen and oxygen atoms in total. The van der Waals surface area contributed by atoms with Gasteiger partial charge in [0.25, 0.3) is 0 Å². The van der Waals surface area contributed by atoms with Crippen molar-refractivity contribution >= 4 is 34.4 Å². The number of benzene rings is 3. The molecule has 0 fully saturated rings. The van der Waals surface area contributed by atoms with Crippen molar-refractivity contribution in [2.75, 3.05) is 5.32 Å². The van der Waals surface area contributed by atoms with Crippen molar-refractivity contribution in [1.82, 2.24) is 9.97 Å². The topological polar surface area (TPSA) is 64.1 Å². The third-order valence-corrected chi connectivity index (χ3v) is 14.6. The fourth-order valence-electron chi connectivity index (χ4n) is 11.0. The van der Waals surface area contributed by atoms with Crippen molar-refractivity contribution in [2.45, 2.75) is 70.3 Å². The minimum Gasteiger partial charge on any atom is -0.464 e. The molecule has 0 bridgehead atoms. The molecule has 0 saturated carbocycles. The van der Waals surface area contributed by atoms with Gasteiger partial charge in [-0.1, -0.05) is 160 Å². The summed E-state index contributed by atoms with van der Waals surface area (Å²) < 4.78 is 13.4. The number of hydrogen-bond donors (Lipinski definition) is 1. The van der Waals surface area contributed by atoms with E-state index in [2.05, 4.69) is 190 Å². The molecule has 6 aromatic rings. The van der Waals surface area contributed by atoms with E-state index in [1.165, 1.54) is 39.0 Å². The minimum atomic E-state index is -0.143. The van der Waals surface area contributed by atoms with Crippen LogP contribution < -0.4 is 5.32 Å². The standard InChI is InChI=1S/C58H51N3O2/c1-35-14-7-8-17-41(35)50-34-49(38-28-30-58(3,31-29-38)47-21-13-20-44-43-18-9-11-22-51(43)62-55(44)47)60-57(61-50)42-26-24-40(32-36(42)2)54-56-53(45-19-10-12-23-52(45)63-56)46-33-39(25-27-48(46)59-54)37-15-5-4-6-16-37/h4-10,12-20,23-30,32-36,41-42,47,54,59H,11,21-22,31H2,1-3H3. The first-order valence-electron chi connectivity index (χ1n) is 22.9. The average molecular weight is 822 g/mol. The normalized spacial score (nSPS) is 26.4. The van der Waals surface area contributed by atoms with Gasteiger partial charge in [0, 0.05) is 57.5 Å². The number of anilines is 1. The van der Waals surface area contributed by atoms with Crippen LogP contribution in [0.5, 0.6) is 0 Å². The summed E-state index contributed by atoms with van der Waals surface area (Å²) in [6.45, 7) is 6.99. The molecule has 5 aliphatic carbocycles. The Balaban J connectivity index is 0.867. The number of furan rings is 2. The Labute approximate surface area is 369 Å². The number of para-hydroxylation sites is 1. The first-order valence-corrected chi connectivity index (χ1v) is 22.9. The highest BCUT2D eigenvalue weighted by Crippen LogP contribution is 2.53. The number of fused-ring (bicyclic) bond motifs is 8. The molecular formula is C58H51N3O2. The van der Waals surface area contributed by atoms with Crippen molar-refractivity contribution in [3.05, 3.63) is 203 Å². The number of nitrogens with zero attached hydrogens (tertiary/aromatic N) is 2. The lowest BCUT2D eigenvalue weighted by molar-refractivity contribution is 0.285. The second-order valence-corrected chi connectivity index (χ2v) is 18.7. The van der Waals surface area contributed by atoms with Crippen molar-refractivity contribution in [3.63, 3.8) is 0 Å². The van der Waals surface area contributed by atoms with Gasteiger partial charge in [0.15, 0.2) is 0 Å². The molecule has 3 aromatic heterocycles. The van der Waals surface area contributed by atoms with E-state index in [-0.39, 0.29) is 35.1 Å². The van der Waals surface area contributed by atoms with E-state index in [0.717, 1.165) is 82.4 Å². The molecule has 3 aromatic carbocycles. The van der Waals surface area contributed by atoms with Crippen LogP contribution in [0, 0.1) is 17.3 Å². The van der Waals surface area contributed by atoms with Gasteiger partial charge in [-0.3, -0.25) is 0 Å². The molecule has 4 heterocycles. The zero-order valence-corrected chi connectivity index (χ0v) is 36.1. The number of rotatable bonds is 6. The Hall–Kier alpha value is -6.72. The summed E-state index contributed by atoms with van der Waals surface area (Å²) in [6, 6.07) is 27.9. The molecule has 1 aliphatic heterocycles. The van der Waals surface area contributed by atoms with Gasteiger partial charge < -0.3 is 14.2 Å². The van der Waals surface area contributed by atoms with Crippen molar-refractivity contribution < 1.29 is 8.83 Å². The Kier molecular flexibility index (Phi) is 9.03. The molecule has 1 N–H and O–H groups in total. The average Bonchev–Trinajstić information content (AvgIpc) is 3.91. The van der Waals surface area contributed by atoms with Gasteiger partial charge in [-0.25, -0.2) is 9.97 Å². The molecule has 63 heavy (non-hydrogen) atoms. The number of hydrogen-bond acceptors (Lipinski definition) is 5. The third kappa shape index (κ3) is 6.43. The summed E-state index contributed by atoms with van der Waals surface area (Å²) in [5, 5.41) is 5.05. The van der Waals surface area contributed by atoms with Crippen LogP contribution in [0.3, 0.4) is 0 Å². The SMILES string of the molecule is CC1C=CC=CC1c1cc(C2=CCC(C)(C3CC=Cc4c3oc3c4C=CCC3)C=C2)nc(C2C=CC(C3Nc4ccc(-c5ccccc5)cc4-c4c3oc3ccccc43)=CC2C)n1. The van der Waals surface area contributed by atoms with E-state index < -0.39 is 0 Å². The molecule has 0 saturated heterocycles. The Bertz CT molecular complexity index is 3070. The largest absolute Gasteiger partial charge is 0.464 e. The van der Waals surface area contributed by atoms with Crippen molar-refractivity contribution in [1.29, 1.82) is 0 Å². The molecule has 7 atom stereocenters. The van der Waals surface area contributed by atoms with Crippen LogP contribution >= 0.6 is 0 Å². The zero-order valence-electron chi connectivity index (χ0n) is 36.1. The summed E-state index contributed by atoms with van der Waals surface area (Å²) in [6.07, 6.45) is 36.2. The van der Waals surface area contributed by atoms with Gasteiger partial charge >= 0.3 is 0 Å². The van der Waals surface area contributed by atoms with Gasteiger partial charge in [-0.05, 0) is 83.1 Å². The Morgan fingerprint density at radius 2 is 1.60 bits per heavy atom. The van der Waals surface area contributed by atoms with E-state index in [1.54, 1.807) is 0 Å². The van der Waals surface area contributed by atoms with E-state index in [4.69, 9.17) is 18.8 Å². The van der Waals surface area contributed by atoms with E-state index in [9.17, 15) is 0 Å². The number of allylic oxidation sites excluding steroid dienone is 12. The molecule has 310 valence electrons. The van der Waals surface area contributed by atoms with Crippen LogP contribution in [0.4, 0.5) is 5.69 Å². The predicted molar refractivity (Wildman–Crippen MR) is 257 cm³/mol. The quantitative estimate of drug-likeness (QED) is 0.181. The lowest BCUT2D eigenvalue weighted by Gasteiger charge is -2.36. The van der Waals surface area contributed by atoms with Gasteiger partial charge in [-0.15, -0.1) is 0 Å². The number of nitrogens with one attached hydrogen (secondary N) is 1. The first kappa shape index (κ1) is 38.0. The van der Waals surface area contributed by atoms with Crippen molar-refractivity contribution in [2.24, 2.45) is 17.3 Å². The monoisotopic (exact) mass is 821 g/mol. The minimum absolute atomic E-state index is 0.00948. The van der Waals surface area contributed by atoms with Crippen LogP contribution in [0.1, 0.15) is 109 Å². The van der Waals surface area contributed by atoms with Gasteiger partial charge in [-0.2, -0.15) is 0 Å². The zero-order chi connectivity index (χ0) is 42.2. The Morgan fingerprint density at radius 1 is 0.746 bits per heavy atom. The highest BCUT2D eigenvalue weighted by Gasteiger charge is 2.40. The first-order chi connectivity index (χ1) is 30.9. The second-order valence-electron chi connectivity index (χ2n) is 18.7. The molecule has 0 spiro atoms. The van der Waals surface area contributed by atoms with Gasteiger partial charge in [0.05, 0.1) is 11.4 Å². The fraction of sp³-hybridized carbons (Fsp3) is 0.241.